The summed E-state index contributed by atoms with van der Waals surface area (Å²) in [5.41, 5.74) is 1.17. The number of nitrogens with one attached hydrogen (secondary N) is 1. The van der Waals surface area contributed by atoms with Gasteiger partial charge in [0.05, 0.1) is 0 Å². The molecule has 2 heterocycles. The van der Waals surface area contributed by atoms with E-state index < -0.39 is 0 Å². The topological polar surface area (TPSA) is 76.8 Å². The molecule has 0 unspecified atom stereocenters. The summed E-state index contributed by atoms with van der Waals surface area (Å²) in [5.74, 6) is 2.56. The molecule has 1 aromatic carbocycles. The molecule has 0 saturated heterocycles. The van der Waals surface area contributed by atoms with E-state index >= 15 is 0 Å². The van der Waals surface area contributed by atoms with Gasteiger partial charge in [0.2, 0.25) is 0 Å². The highest BCUT2D eigenvalue weighted by atomic mass is 16.6. The number of rotatable bonds is 8. The number of fused-ring (bicyclic) bond motifs is 1. The average Bonchev–Trinajstić information content (AvgIpc) is 3.20. The van der Waals surface area contributed by atoms with Crippen molar-refractivity contribution in [2.45, 2.75) is 32.9 Å². The molecule has 0 radical (unpaired) electrons. The minimum Gasteiger partial charge on any atom is -0.486 e. The quantitative estimate of drug-likeness (QED) is 0.433. The monoisotopic (exact) mass is 372 g/mol. The maximum Gasteiger partial charge on any atom is 0.193 e. The van der Waals surface area contributed by atoms with Crippen molar-refractivity contribution in [3.63, 3.8) is 0 Å². The van der Waals surface area contributed by atoms with Crippen molar-refractivity contribution in [3.8, 4) is 11.5 Å². The molecule has 1 aliphatic rings. The third kappa shape index (κ3) is 5.60. The predicted octanol–water partition coefficient (Wildman–Crippen LogP) is 1.93. The van der Waals surface area contributed by atoms with Crippen LogP contribution in [0.1, 0.15) is 25.3 Å². The lowest BCUT2D eigenvalue weighted by Gasteiger charge is -2.24. The second-order valence-corrected chi connectivity index (χ2v) is 6.48. The van der Waals surface area contributed by atoms with Gasteiger partial charge in [-0.15, -0.1) is 10.2 Å². The molecular weight excluding hydrogens is 344 g/mol. The van der Waals surface area contributed by atoms with Crippen molar-refractivity contribution in [2.75, 3.05) is 33.4 Å². The van der Waals surface area contributed by atoms with Gasteiger partial charge in [0.1, 0.15) is 25.9 Å². The van der Waals surface area contributed by atoms with Crippen LogP contribution in [-0.4, -0.2) is 59.0 Å². The molecule has 0 aliphatic carbocycles. The molecule has 1 aliphatic heterocycles. The molecule has 8 nitrogen and oxygen atoms in total. The minimum atomic E-state index is 0.603. The smallest absolute Gasteiger partial charge is 0.193 e. The zero-order chi connectivity index (χ0) is 18.9. The van der Waals surface area contributed by atoms with Crippen LogP contribution in [0, 0.1) is 0 Å². The molecule has 0 amide bonds. The Hall–Kier alpha value is -2.77. The lowest BCUT2D eigenvalue weighted by molar-refractivity contribution is 0.171. The Morgan fingerprint density at radius 2 is 1.96 bits per heavy atom. The van der Waals surface area contributed by atoms with Crippen LogP contribution in [0.2, 0.25) is 0 Å². The van der Waals surface area contributed by atoms with Crippen molar-refractivity contribution in [1.82, 2.24) is 25.0 Å². The fourth-order valence-electron chi connectivity index (χ4n) is 2.93. The van der Waals surface area contributed by atoms with Crippen LogP contribution in [0.4, 0.5) is 0 Å². The zero-order valence-corrected chi connectivity index (χ0v) is 16.1. The van der Waals surface area contributed by atoms with E-state index in [1.54, 1.807) is 12.7 Å². The van der Waals surface area contributed by atoms with Gasteiger partial charge in [-0.2, -0.15) is 0 Å². The molecule has 0 spiro atoms. The number of unbranched alkanes of at least 4 members (excludes halogenated alkanes) is 1. The molecule has 2 aromatic rings. The summed E-state index contributed by atoms with van der Waals surface area (Å²) in [6.45, 7) is 6.60. The number of guanidine groups is 1. The number of hydrogen-bond acceptors (Lipinski definition) is 5. The third-order valence-electron chi connectivity index (χ3n) is 4.28. The first-order valence-electron chi connectivity index (χ1n) is 9.46. The van der Waals surface area contributed by atoms with E-state index in [0.29, 0.717) is 13.2 Å². The minimum absolute atomic E-state index is 0.603. The number of aryl methyl sites for hydroxylation is 1. The summed E-state index contributed by atoms with van der Waals surface area (Å²) in [4.78, 5) is 6.88. The number of nitrogens with zero attached hydrogens (tertiary/aromatic N) is 5. The maximum atomic E-state index is 5.68. The molecule has 0 bridgehead atoms. The average molecular weight is 372 g/mol. The summed E-state index contributed by atoms with van der Waals surface area (Å²) in [5, 5.41) is 11.0. The first-order valence-corrected chi connectivity index (χ1v) is 9.46. The summed E-state index contributed by atoms with van der Waals surface area (Å²) in [7, 11) is 2.05. The van der Waals surface area contributed by atoms with Crippen LogP contribution in [0.15, 0.2) is 35.8 Å². The van der Waals surface area contributed by atoms with E-state index in [0.717, 1.165) is 56.5 Å². The largest absolute Gasteiger partial charge is 0.486 e. The predicted molar refractivity (Wildman–Crippen MR) is 104 cm³/mol. The molecule has 0 atom stereocenters. The molecule has 27 heavy (non-hydrogen) atoms. The molecule has 146 valence electrons. The number of ether oxygens (including phenoxy) is 2. The van der Waals surface area contributed by atoms with Crippen molar-refractivity contribution in [2.24, 2.45) is 4.99 Å². The fraction of sp³-hybridized carbons (Fsp3) is 0.526. The van der Waals surface area contributed by atoms with Gasteiger partial charge < -0.3 is 24.3 Å². The second kappa shape index (κ2) is 9.80. The first-order chi connectivity index (χ1) is 13.3. The SMILES string of the molecule is CCNC(=NCCCCn1cnnc1)N(C)Cc1ccc2c(c1)OCCO2. The molecular formula is C19H28N6O2. The standard InChI is InChI=1S/C19H28N6O2/c1-3-20-19(21-8-4-5-9-25-14-22-23-15-25)24(2)13-16-6-7-17-18(12-16)27-11-10-26-17/h6-7,12,14-15H,3-5,8-11,13H2,1-2H3,(H,20,21). The van der Waals surface area contributed by atoms with Crippen LogP contribution in [0.5, 0.6) is 11.5 Å². The van der Waals surface area contributed by atoms with E-state index in [4.69, 9.17) is 14.5 Å². The van der Waals surface area contributed by atoms with Gasteiger partial charge in [0, 0.05) is 33.2 Å². The van der Waals surface area contributed by atoms with E-state index in [9.17, 15) is 0 Å². The van der Waals surface area contributed by atoms with Gasteiger partial charge in [-0.3, -0.25) is 4.99 Å². The second-order valence-electron chi connectivity index (χ2n) is 6.48. The molecule has 8 heteroatoms. The Kier molecular flexibility index (Phi) is 6.90. The van der Waals surface area contributed by atoms with Crippen LogP contribution >= 0.6 is 0 Å². The van der Waals surface area contributed by atoms with E-state index in [-0.39, 0.29) is 0 Å². The van der Waals surface area contributed by atoms with Crippen LogP contribution in [-0.2, 0) is 13.1 Å². The molecule has 0 saturated carbocycles. The highest BCUT2D eigenvalue weighted by Crippen LogP contribution is 2.31. The van der Waals surface area contributed by atoms with Crippen LogP contribution < -0.4 is 14.8 Å². The van der Waals surface area contributed by atoms with Crippen molar-refractivity contribution >= 4 is 5.96 Å². The number of aliphatic imine (C=N–C) groups is 1. The lowest BCUT2D eigenvalue weighted by atomic mass is 10.2. The lowest BCUT2D eigenvalue weighted by Crippen LogP contribution is -2.38. The van der Waals surface area contributed by atoms with E-state index in [1.165, 1.54) is 5.56 Å². The molecule has 1 aromatic heterocycles. The van der Waals surface area contributed by atoms with Crippen molar-refractivity contribution in [3.05, 3.63) is 36.4 Å². The van der Waals surface area contributed by atoms with Gasteiger partial charge in [-0.25, -0.2) is 0 Å². The highest BCUT2D eigenvalue weighted by Gasteiger charge is 2.13. The number of hydrogen-bond donors (Lipinski definition) is 1. The van der Waals surface area contributed by atoms with Gasteiger partial charge in [0.25, 0.3) is 0 Å². The molecule has 3 rings (SSSR count). The van der Waals surface area contributed by atoms with Crippen molar-refractivity contribution < 1.29 is 9.47 Å². The Labute approximate surface area is 160 Å². The van der Waals surface area contributed by atoms with Crippen LogP contribution in [0.3, 0.4) is 0 Å². The van der Waals surface area contributed by atoms with Crippen molar-refractivity contribution in [1.29, 1.82) is 0 Å². The zero-order valence-electron chi connectivity index (χ0n) is 16.1. The van der Waals surface area contributed by atoms with Crippen LogP contribution in [0.25, 0.3) is 0 Å². The molecule has 1 N–H and O–H groups in total. The van der Waals surface area contributed by atoms with Gasteiger partial charge in [-0.05, 0) is 37.5 Å². The van der Waals surface area contributed by atoms with Gasteiger partial charge in [0.15, 0.2) is 17.5 Å². The fourth-order valence-corrected chi connectivity index (χ4v) is 2.93. The summed E-state index contributed by atoms with van der Waals surface area (Å²) in [6, 6.07) is 6.10. The Balaban J connectivity index is 1.51. The summed E-state index contributed by atoms with van der Waals surface area (Å²) >= 11 is 0. The Morgan fingerprint density at radius 1 is 1.19 bits per heavy atom. The van der Waals surface area contributed by atoms with Gasteiger partial charge in [-0.1, -0.05) is 6.07 Å². The Bertz CT molecular complexity index is 732. The van der Waals surface area contributed by atoms with Gasteiger partial charge >= 0.3 is 0 Å². The van der Waals surface area contributed by atoms with E-state index in [2.05, 4.69) is 40.5 Å². The first kappa shape index (κ1) is 19.0. The number of benzene rings is 1. The summed E-state index contributed by atoms with van der Waals surface area (Å²) in [6.07, 6.45) is 5.56. The third-order valence-corrected chi connectivity index (χ3v) is 4.28. The van der Waals surface area contributed by atoms with E-state index in [1.807, 2.05) is 16.7 Å². The maximum absolute atomic E-state index is 5.68. The normalized spacial score (nSPS) is 13.5. The molecule has 0 fully saturated rings. The Morgan fingerprint density at radius 3 is 2.74 bits per heavy atom. The summed E-state index contributed by atoms with van der Waals surface area (Å²) < 4.78 is 13.3. The highest BCUT2D eigenvalue weighted by molar-refractivity contribution is 5.79. The number of aromatic nitrogens is 3.